The third kappa shape index (κ3) is 4.41. The van der Waals surface area contributed by atoms with Gasteiger partial charge in [-0.05, 0) is 25.0 Å². The minimum atomic E-state index is -3.30. The highest BCUT2D eigenvalue weighted by atomic mass is 32.2. The SMILES string of the molecule is Cc1ccc(CN(C)S(=O)(=O)Cc2ccc(C)cc2)cc1. The van der Waals surface area contributed by atoms with Crippen LogP contribution in [0.3, 0.4) is 0 Å². The smallest absolute Gasteiger partial charge is 0.212 e. The van der Waals surface area contributed by atoms with Crippen LogP contribution in [0.4, 0.5) is 0 Å². The lowest BCUT2D eigenvalue weighted by Gasteiger charge is -2.17. The van der Waals surface area contributed by atoms with Crippen LogP contribution in [0.5, 0.6) is 0 Å². The summed E-state index contributed by atoms with van der Waals surface area (Å²) in [4.78, 5) is 0. The average Bonchev–Trinajstić information content (AvgIpc) is 2.43. The normalized spacial score (nSPS) is 11.8. The van der Waals surface area contributed by atoms with E-state index in [2.05, 4.69) is 0 Å². The Bertz CT molecular complexity index is 689. The van der Waals surface area contributed by atoms with Gasteiger partial charge in [0, 0.05) is 13.6 Å². The van der Waals surface area contributed by atoms with Crippen LogP contribution < -0.4 is 0 Å². The van der Waals surface area contributed by atoms with Crippen molar-refractivity contribution in [3.05, 3.63) is 70.8 Å². The van der Waals surface area contributed by atoms with Crippen LogP contribution in [0.15, 0.2) is 48.5 Å². The number of sulfonamides is 1. The van der Waals surface area contributed by atoms with Gasteiger partial charge < -0.3 is 0 Å². The molecule has 4 heteroatoms. The molecule has 0 atom stereocenters. The molecule has 21 heavy (non-hydrogen) atoms. The molecule has 0 N–H and O–H groups in total. The minimum absolute atomic E-state index is 0.0373. The quantitative estimate of drug-likeness (QED) is 0.850. The number of hydrogen-bond acceptors (Lipinski definition) is 2. The molecule has 3 nitrogen and oxygen atoms in total. The van der Waals surface area contributed by atoms with Crippen LogP contribution in [0.1, 0.15) is 22.3 Å². The van der Waals surface area contributed by atoms with Crippen molar-refractivity contribution in [2.24, 2.45) is 0 Å². The standard InChI is InChI=1S/C17H21NO2S/c1-14-4-8-16(9-5-14)12-18(3)21(19,20)13-17-10-6-15(2)7-11-17/h4-11H,12-13H2,1-3H3. The molecule has 0 heterocycles. The number of nitrogens with zero attached hydrogens (tertiary/aromatic N) is 1. The Morgan fingerprint density at radius 3 is 1.71 bits per heavy atom. The Balaban J connectivity index is 2.07. The Morgan fingerprint density at radius 1 is 0.810 bits per heavy atom. The van der Waals surface area contributed by atoms with E-state index < -0.39 is 10.0 Å². The van der Waals surface area contributed by atoms with Gasteiger partial charge in [0.25, 0.3) is 0 Å². The molecule has 0 aliphatic heterocycles. The van der Waals surface area contributed by atoms with Gasteiger partial charge in [0.1, 0.15) is 0 Å². The van der Waals surface area contributed by atoms with E-state index in [9.17, 15) is 8.42 Å². The molecule has 0 unspecified atom stereocenters. The van der Waals surface area contributed by atoms with Gasteiger partial charge in [0.2, 0.25) is 10.0 Å². The van der Waals surface area contributed by atoms with E-state index in [0.29, 0.717) is 6.54 Å². The summed E-state index contributed by atoms with van der Waals surface area (Å²) in [6, 6.07) is 15.5. The van der Waals surface area contributed by atoms with Gasteiger partial charge in [0.15, 0.2) is 0 Å². The summed E-state index contributed by atoms with van der Waals surface area (Å²) in [7, 11) is -1.67. The zero-order valence-electron chi connectivity index (χ0n) is 12.7. The summed E-state index contributed by atoms with van der Waals surface area (Å²) < 4.78 is 26.2. The van der Waals surface area contributed by atoms with E-state index >= 15 is 0 Å². The predicted molar refractivity (Wildman–Crippen MR) is 86.4 cm³/mol. The Labute approximate surface area is 127 Å². The molecule has 0 aliphatic carbocycles. The van der Waals surface area contributed by atoms with Crippen molar-refractivity contribution >= 4 is 10.0 Å². The van der Waals surface area contributed by atoms with Crippen molar-refractivity contribution in [2.45, 2.75) is 26.1 Å². The summed E-state index contributed by atoms with van der Waals surface area (Å²) >= 11 is 0. The van der Waals surface area contributed by atoms with Crippen molar-refractivity contribution in [1.82, 2.24) is 4.31 Å². The van der Waals surface area contributed by atoms with Gasteiger partial charge in [-0.15, -0.1) is 0 Å². The Hall–Kier alpha value is -1.65. The molecular weight excluding hydrogens is 282 g/mol. The molecule has 0 aromatic heterocycles. The van der Waals surface area contributed by atoms with E-state index in [1.165, 1.54) is 9.87 Å². The highest BCUT2D eigenvalue weighted by molar-refractivity contribution is 7.88. The van der Waals surface area contributed by atoms with Crippen LogP contribution in [-0.4, -0.2) is 19.8 Å². The third-order valence-corrected chi connectivity index (χ3v) is 5.25. The lowest BCUT2D eigenvalue weighted by atomic mass is 10.1. The first-order valence-electron chi connectivity index (χ1n) is 6.92. The second-order valence-electron chi connectivity index (χ2n) is 5.48. The second kappa shape index (κ2) is 6.41. The molecule has 0 amide bonds. The van der Waals surface area contributed by atoms with Crippen LogP contribution in [0.25, 0.3) is 0 Å². The van der Waals surface area contributed by atoms with Gasteiger partial charge in [0.05, 0.1) is 5.75 Å². The zero-order valence-corrected chi connectivity index (χ0v) is 13.5. The highest BCUT2D eigenvalue weighted by Crippen LogP contribution is 2.14. The van der Waals surface area contributed by atoms with Crippen molar-refractivity contribution in [2.75, 3.05) is 7.05 Å². The summed E-state index contributed by atoms with van der Waals surface area (Å²) in [6.45, 7) is 4.40. The molecule has 112 valence electrons. The number of aryl methyl sites for hydroxylation is 2. The maximum absolute atomic E-state index is 12.4. The van der Waals surface area contributed by atoms with Crippen LogP contribution in [-0.2, 0) is 22.3 Å². The number of benzene rings is 2. The summed E-state index contributed by atoms with van der Waals surface area (Å²) in [5.74, 6) is 0.0373. The van der Waals surface area contributed by atoms with Gasteiger partial charge >= 0.3 is 0 Å². The van der Waals surface area contributed by atoms with Crippen LogP contribution >= 0.6 is 0 Å². The van der Waals surface area contributed by atoms with Crippen molar-refractivity contribution in [3.63, 3.8) is 0 Å². The Morgan fingerprint density at radius 2 is 1.24 bits per heavy atom. The molecule has 0 spiro atoms. The average molecular weight is 303 g/mol. The van der Waals surface area contributed by atoms with E-state index in [4.69, 9.17) is 0 Å². The molecular formula is C17H21NO2S. The molecule has 2 aromatic rings. The molecule has 0 bridgehead atoms. The molecule has 0 fully saturated rings. The Kier molecular flexibility index (Phi) is 4.80. The molecule has 0 saturated heterocycles. The zero-order chi connectivity index (χ0) is 15.5. The maximum Gasteiger partial charge on any atom is 0.218 e. The third-order valence-electron chi connectivity index (χ3n) is 3.47. The predicted octanol–water partition coefficient (Wildman–Crippen LogP) is 3.27. The van der Waals surface area contributed by atoms with Gasteiger partial charge in [-0.2, -0.15) is 0 Å². The molecule has 0 saturated carbocycles. The van der Waals surface area contributed by atoms with E-state index in [-0.39, 0.29) is 5.75 Å². The lowest BCUT2D eigenvalue weighted by Crippen LogP contribution is -2.27. The fourth-order valence-corrected chi connectivity index (χ4v) is 3.23. The summed E-state index contributed by atoms with van der Waals surface area (Å²) in [5.41, 5.74) is 4.11. The molecule has 2 rings (SSSR count). The minimum Gasteiger partial charge on any atom is -0.212 e. The topological polar surface area (TPSA) is 37.4 Å². The fourth-order valence-electron chi connectivity index (χ4n) is 2.05. The first-order valence-corrected chi connectivity index (χ1v) is 8.53. The van der Waals surface area contributed by atoms with Crippen molar-refractivity contribution in [1.29, 1.82) is 0 Å². The fraction of sp³-hybridized carbons (Fsp3) is 0.294. The second-order valence-corrected chi connectivity index (χ2v) is 7.56. The lowest BCUT2D eigenvalue weighted by molar-refractivity contribution is 0.466. The van der Waals surface area contributed by atoms with E-state index in [1.54, 1.807) is 7.05 Å². The largest absolute Gasteiger partial charge is 0.218 e. The van der Waals surface area contributed by atoms with Crippen molar-refractivity contribution < 1.29 is 8.42 Å². The summed E-state index contributed by atoms with van der Waals surface area (Å²) in [6.07, 6.45) is 0. The monoisotopic (exact) mass is 303 g/mol. The van der Waals surface area contributed by atoms with E-state index in [1.807, 2.05) is 62.4 Å². The number of hydrogen-bond donors (Lipinski definition) is 0. The van der Waals surface area contributed by atoms with Crippen molar-refractivity contribution in [3.8, 4) is 0 Å². The van der Waals surface area contributed by atoms with E-state index in [0.717, 1.165) is 16.7 Å². The maximum atomic E-state index is 12.4. The van der Waals surface area contributed by atoms with Crippen LogP contribution in [0.2, 0.25) is 0 Å². The first kappa shape index (κ1) is 15.7. The molecule has 2 aromatic carbocycles. The van der Waals surface area contributed by atoms with Gasteiger partial charge in [-0.1, -0.05) is 59.7 Å². The molecule has 0 radical (unpaired) electrons. The van der Waals surface area contributed by atoms with Crippen LogP contribution in [0, 0.1) is 13.8 Å². The van der Waals surface area contributed by atoms with Gasteiger partial charge in [-0.3, -0.25) is 0 Å². The number of rotatable bonds is 5. The highest BCUT2D eigenvalue weighted by Gasteiger charge is 2.18. The first-order chi connectivity index (χ1) is 9.87. The molecule has 0 aliphatic rings. The van der Waals surface area contributed by atoms with Gasteiger partial charge in [-0.25, -0.2) is 12.7 Å². The summed E-state index contributed by atoms with van der Waals surface area (Å²) in [5, 5.41) is 0.